The summed E-state index contributed by atoms with van der Waals surface area (Å²) in [6.45, 7) is 0. The van der Waals surface area contributed by atoms with Crippen molar-refractivity contribution in [2.75, 3.05) is 0 Å². The number of hydrogen-bond donors (Lipinski definition) is 1. The van der Waals surface area contributed by atoms with E-state index >= 15 is 0 Å². The molecular weight excluding hydrogens is 355 g/mol. The van der Waals surface area contributed by atoms with Crippen LogP contribution in [0.1, 0.15) is 49.3 Å². The van der Waals surface area contributed by atoms with Gasteiger partial charge in [-0.1, -0.05) is 35.2 Å². The van der Waals surface area contributed by atoms with Crippen LogP contribution in [0, 0.1) is 5.92 Å². The predicted octanol–water partition coefficient (Wildman–Crippen LogP) is 5.47. The van der Waals surface area contributed by atoms with Gasteiger partial charge in [-0.2, -0.15) is 13.2 Å². The molecule has 0 heterocycles. The second-order valence-corrected chi connectivity index (χ2v) is 6.01. The zero-order chi connectivity index (χ0) is 14.0. The van der Waals surface area contributed by atoms with Gasteiger partial charge in [-0.05, 0) is 42.5 Å². The Kier molecular flexibility index (Phi) is 6.35. The van der Waals surface area contributed by atoms with Gasteiger partial charge in [-0.25, -0.2) is 0 Å². The summed E-state index contributed by atoms with van der Waals surface area (Å²) in [6.07, 6.45) is 1.13. The molecule has 1 atom stereocenters. The minimum atomic E-state index is -4.32. The van der Waals surface area contributed by atoms with Gasteiger partial charge in [-0.3, -0.25) is 0 Å². The summed E-state index contributed by atoms with van der Waals surface area (Å²) in [5.41, 5.74) is 6.13. The Hall–Kier alpha value is -0.260. The molecule has 0 spiro atoms. The molecule has 0 bridgehead atoms. The van der Waals surface area contributed by atoms with Crippen molar-refractivity contribution >= 4 is 28.3 Å². The van der Waals surface area contributed by atoms with Crippen molar-refractivity contribution in [3.05, 3.63) is 33.8 Å². The number of alkyl halides is 3. The van der Waals surface area contributed by atoms with Gasteiger partial charge in [0.2, 0.25) is 0 Å². The van der Waals surface area contributed by atoms with Crippen LogP contribution in [-0.2, 0) is 6.18 Å². The second kappa shape index (κ2) is 7.14. The van der Waals surface area contributed by atoms with E-state index in [0.29, 0.717) is 10.0 Å². The Labute approximate surface area is 131 Å². The lowest BCUT2D eigenvalue weighted by molar-refractivity contribution is -0.137. The summed E-state index contributed by atoms with van der Waals surface area (Å²) in [7, 11) is 0. The summed E-state index contributed by atoms with van der Waals surface area (Å²) in [4.78, 5) is 0. The topological polar surface area (TPSA) is 26.0 Å². The number of halogens is 5. The van der Waals surface area contributed by atoms with Crippen LogP contribution in [0.4, 0.5) is 13.2 Å². The highest BCUT2D eigenvalue weighted by atomic mass is 79.9. The van der Waals surface area contributed by atoms with Gasteiger partial charge < -0.3 is 5.73 Å². The molecule has 0 aliphatic heterocycles. The monoisotopic (exact) mass is 371 g/mol. The van der Waals surface area contributed by atoms with Crippen LogP contribution in [0.25, 0.3) is 0 Å². The van der Waals surface area contributed by atoms with E-state index in [4.69, 9.17) is 5.73 Å². The third-order valence-electron chi connectivity index (χ3n) is 3.84. The van der Waals surface area contributed by atoms with Crippen LogP contribution in [0.3, 0.4) is 0 Å². The van der Waals surface area contributed by atoms with Crippen LogP contribution < -0.4 is 5.73 Å². The molecule has 0 amide bonds. The Morgan fingerprint density at radius 2 is 1.75 bits per heavy atom. The van der Waals surface area contributed by atoms with E-state index in [1.165, 1.54) is 18.6 Å². The Morgan fingerprint density at radius 1 is 1.15 bits per heavy atom. The maximum atomic E-state index is 12.7. The lowest BCUT2D eigenvalue weighted by atomic mass is 9.81. The molecule has 0 unspecified atom stereocenters. The summed E-state index contributed by atoms with van der Waals surface area (Å²) in [5, 5.41) is 0. The Balaban J connectivity index is 0.00000200. The predicted molar refractivity (Wildman–Crippen MR) is 79.9 cm³/mol. The highest BCUT2D eigenvalue weighted by molar-refractivity contribution is 9.10. The van der Waals surface area contributed by atoms with E-state index in [-0.39, 0.29) is 24.4 Å². The SMILES string of the molecule is Cl.N[C@H](c1cc(C(F)(F)F)ccc1Br)C1CCCCC1. The molecule has 0 radical (unpaired) electrons. The van der Waals surface area contributed by atoms with E-state index in [0.717, 1.165) is 31.7 Å². The van der Waals surface area contributed by atoms with Crippen molar-refractivity contribution in [1.29, 1.82) is 0 Å². The smallest absolute Gasteiger partial charge is 0.324 e. The minimum Gasteiger partial charge on any atom is -0.324 e. The molecule has 2 rings (SSSR count). The first kappa shape index (κ1) is 17.8. The largest absolute Gasteiger partial charge is 0.416 e. The molecule has 1 aliphatic rings. The van der Waals surface area contributed by atoms with Crippen molar-refractivity contribution in [2.24, 2.45) is 11.7 Å². The maximum Gasteiger partial charge on any atom is 0.416 e. The number of benzene rings is 1. The zero-order valence-corrected chi connectivity index (χ0v) is 13.3. The van der Waals surface area contributed by atoms with Crippen LogP contribution >= 0.6 is 28.3 Å². The van der Waals surface area contributed by atoms with Crippen molar-refractivity contribution in [3.63, 3.8) is 0 Å². The quantitative estimate of drug-likeness (QED) is 0.732. The first-order valence-corrected chi connectivity index (χ1v) is 7.31. The van der Waals surface area contributed by atoms with Gasteiger partial charge in [0.1, 0.15) is 0 Å². The van der Waals surface area contributed by atoms with Crippen LogP contribution in [0.2, 0.25) is 0 Å². The lowest BCUT2D eigenvalue weighted by Gasteiger charge is -2.28. The van der Waals surface area contributed by atoms with E-state index in [1.807, 2.05) is 0 Å². The molecule has 0 saturated heterocycles. The lowest BCUT2D eigenvalue weighted by Crippen LogP contribution is -2.24. The van der Waals surface area contributed by atoms with Gasteiger partial charge >= 0.3 is 6.18 Å². The highest BCUT2D eigenvalue weighted by Crippen LogP contribution is 2.38. The molecule has 1 fully saturated rings. The Morgan fingerprint density at radius 3 is 2.30 bits per heavy atom. The molecule has 1 nitrogen and oxygen atoms in total. The number of nitrogens with two attached hydrogens (primary N) is 1. The van der Waals surface area contributed by atoms with Gasteiger partial charge in [0.25, 0.3) is 0 Å². The molecule has 114 valence electrons. The fourth-order valence-corrected chi connectivity index (χ4v) is 3.23. The summed E-state index contributed by atoms with van der Waals surface area (Å²) >= 11 is 3.32. The van der Waals surface area contributed by atoms with E-state index in [9.17, 15) is 13.2 Å². The first-order valence-electron chi connectivity index (χ1n) is 6.52. The maximum absolute atomic E-state index is 12.7. The van der Waals surface area contributed by atoms with Crippen LogP contribution in [0.5, 0.6) is 0 Å². The molecular formula is C14H18BrClF3N. The van der Waals surface area contributed by atoms with E-state index in [2.05, 4.69) is 15.9 Å². The fourth-order valence-electron chi connectivity index (χ4n) is 2.72. The molecule has 1 aromatic rings. The van der Waals surface area contributed by atoms with Crippen LogP contribution in [-0.4, -0.2) is 0 Å². The van der Waals surface area contributed by atoms with Crippen molar-refractivity contribution in [2.45, 2.75) is 44.3 Å². The third kappa shape index (κ3) is 4.12. The third-order valence-corrected chi connectivity index (χ3v) is 4.56. The van der Waals surface area contributed by atoms with Gasteiger partial charge in [0, 0.05) is 10.5 Å². The van der Waals surface area contributed by atoms with Gasteiger partial charge in [0.05, 0.1) is 5.56 Å². The standard InChI is InChI=1S/C14H17BrF3N.ClH/c15-12-7-6-10(14(16,17)18)8-11(12)13(19)9-4-2-1-3-5-9;/h6-9,13H,1-5,19H2;1H/t13-;/m0./s1. The minimum absolute atomic E-state index is 0. The summed E-state index contributed by atoms with van der Waals surface area (Å²) < 4.78 is 38.9. The molecule has 6 heteroatoms. The molecule has 0 aromatic heterocycles. The second-order valence-electron chi connectivity index (χ2n) is 5.16. The van der Waals surface area contributed by atoms with Crippen molar-refractivity contribution < 1.29 is 13.2 Å². The normalized spacial score (nSPS) is 18.4. The van der Waals surface area contributed by atoms with Crippen molar-refractivity contribution in [1.82, 2.24) is 0 Å². The fraction of sp³-hybridized carbons (Fsp3) is 0.571. The number of hydrogen-bond acceptors (Lipinski definition) is 1. The van der Waals surface area contributed by atoms with E-state index < -0.39 is 11.7 Å². The molecule has 20 heavy (non-hydrogen) atoms. The van der Waals surface area contributed by atoms with Crippen molar-refractivity contribution in [3.8, 4) is 0 Å². The summed E-state index contributed by atoms with van der Waals surface area (Å²) in [6, 6.07) is 3.39. The van der Waals surface area contributed by atoms with Gasteiger partial charge in [0.15, 0.2) is 0 Å². The Bertz CT molecular complexity index is 445. The zero-order valence-electron chi connectivity index (χ0n) is 10.9. The highest BCUT2D eigenvalue weighted by Gasteiger charge is 2.32. The van der Waals surface area contributed by atoms with Crippen LogP contribution in [0.15, 0.2) is 22.7 Å². The molecule has 2 N–H and O–H groups in total. The average Bonchev–Trinajstić information content (AvgIpc) is 2.38. The van der Waals surface area contributed by atoms with Gasteiger partial charge in [-0.15, -0.1) is 12.4 Å². The van der Waals surface area contributed by atoms with E-state index in [1.54, 1.807) is 0 Å². The molecule has 1 aromatic carbocycles. The number of rotatable bonds is 2. The molecule has 1 saturated carbocycles. The summed E-state index contributed by atoms with van der Waals surface area (Å²) in [5.74, 6) is 0.286. The first-order chi connectivity index (χ1) is 8.89. The average molecular weight is 373 g/mol. The molecule has 1 aliphatic carbocycles.